The number of anilines is 3. The topological polar surface area (TPSA) is 16.4 Å². The molecule has 1 aromatic heterocycles. The molecule has 0 fully saturated rings. The van der Waals surface area contributed by atoms with Gasteiger partial charge in [0.25, 0.3) is 0 Å². The van der Waals surface area contributed by atoms with E-state index in [2.05, 4.69) is 236 Å². The molecule has 0 spiro atoms. The van der Waals surface area contributed by atoms with Gasteiger partial charge in [-0.2, -0.15) is 0 Å². The molecule has 1 unspecified atom stereocenters. The Morgan fingerprint density at radius 1 is 0.371 bits per heavy atom. The van der Waals surface area contributed by atoms with Gasteiger partial charge in [-0.1, -0.05) is 194 Å². The van der Waals surface area contributed by atoms with Crippen molar-refractivity contribution in [3.63, 3.8) is 0 Å². The van der Waals surface area contributed by atoms with Crippen molar-refractivity contribution in [2.45, 2.75) is 12.3 Å². The number of benzene rings is 10. The van der Waals surface area contributed by atoms with Gasteiger partial charge in [0.15, 0.2) is 0 Å². The largest absolute Gasteiger partial charge is 0.456 e. The Bertz CT molecular complexity index is 3490. The Kier molecular flexibility index (Phi) is 8.33. The minimum atomic E-state index is -0.366. The van der Waals surface area contributed by atoms with Gasteiger partial charge in [-0.15, -0.1) is 0 Å². The molecular formula is C60H41NO. The van der Waals surface area contributed by atoms with E-state index in [9.17, 15) is 0 Å². The number of hydrogen-bond acceptors (Lipinski definition) is 2. The van der Waals surface area contributed by atoms with Crippen LogP contribution in [-0.4, -0.2) is 0 Å². The van der Waals surface area contributed by atoms with Gasteiger partial charge in [0, 0.05) is 33.0 Å². The highest BCUT2D eigenvalue weighted by Crippen LogP contribution is 2.55. The average Bonchev–Trinajstić information content (AvgIpc) is 3.85. The molecule has 62 heavy (non-hydrogen) atoms. The molecule has 0 amide bonds. The number of fused-ring (bicyclic) bond motifs is 7. The molecule has 1 heterocycles. The molecule has 0 radical (unpaired) electrons. The fraction of sp³-hybridized carbons (Fsp3) is 0.0333. The van der Waals surface area contributed by atoms with Crippen LogP contribution in [0.25, 0.3) is 77.2 Å². The van der Waals surface area contributed by atoms with Crippen molar-refractivity contribution < 1.29 is 4.42 Å². The zero-order chi connectivity index (χ0) is 41.2. The molecule has 0 saturated heterocycles. The molecule has 2 nitrogen and oxygen atoms in total. The Hall–Kier alpha value is -7.94. The lowest BCUT2D eigenvalue weighted by atomic mass is 9.74. The van der Waals surface area contributed by atoms with Crippen LogP contribution in [0.15, 0.2) is 235 Å². The van der Waals surface area contributed by atoms with Crippen LogP contribution in [-0.2, 0) is 5.41 Å². The van der Waals surface area contributed by atoms with E-state index in [0.717, 1.165) is 55.7 Å². The van der Waals surface area contributed by atoms with Crippen molar-refractivity contribution in [1.29, 1.82) is 0 Å². The van der Waals surface area contributed by atoms with Crippen LogP contribution < -0.4 is 4.90 Å². The van der Waals surface area contributed by atoms with Crippen molar-refractivity contribution in [3.05, 3.63) is 247 Å². The van der Waals surface area contributed by atoms with Crippen LogP contribution >= 0.6 is 0 Å². The van der Waals surface area contributed by atoms with Gasteiger partial charge in [0.2, 0.25) is 0 Å². The summed E-state index contributed by atoms with van der Waals surface area (Å²) in [5.41, 5.74) is 18.1. The highest BCUT2D eigenvalue weighted by Gasteiger charge is 2.41. The smallest absolute Gasteiger partial charge is 0.136 e. The zero-order valence-corrected chi connectivity index (χ0v) is 34.3. The molecule has 0 N–H and O–H groups in total. The van der Waals surface area contributed by atoms with Crippen molar-refractivity contribution >= 4 is 49.8 Å². The Labute approximate surface area is 361 Å². The molecule has 10 aromatic carbocycles. The van der Waals surface area contributed by atoms with Crippen LogP contribution in [0, 0.1) is 0 Å². The number of hydrogen-bond donors (Lipinski definition) is 0. The maximum atomic E-state index is 6.48. The lowest BCUT2D eigenvalue weighted by Gasteiger charge is -2.32. The third-order valence-electron chi connectivity index (χ3n) is 13.2. The summed E-state index contributed by atoms with van der Waals surface area (Å²) in [6, 6.07) is 83.9. The van der Waals surface area contributed by atoms with Gasteiger partial charge in [0.1, 0.15) is 11.2 Å². The van der Waals surface area contributed by atoms with Crippen LogP contribution in [0.5, 0.6) is 0 Å². The second-order valence-corrected chi connectivity index (χ2v) is 16.5. The van der Waals surface area contributed by atoms with Gasteiger partial charge in [-0.05, 0) is 104 Å². The number of rotatable bonds is 7. The molecule has 0 aliphatic heterocycles. The third-order valence-corrected chi connectivity index (χ3v) is 13.2. The minimum Gasteiger partial charge on any atom is -0.456 e. The van der Waals surface area contributed by atoms with Gasteiger partial charge >= 0.3 is 0 Å². The molecular weight excluding hydrogens is 751 g/mol. The van der Waals surface area contributed by atoms with Gasteiger partial charge in [0.05, 0.1) is 11.4 Å². The molecule has 1 aliphatic carbocycles. The maximum absolute atomic E-state index is 6.48. The zero-order valence-electron chi connectivity index (χ0n) is 34.3. The summed E-state index contributed by atoms with van der Waals surface area (Å²) in [7, 11) is 0. The Balaban J connectivity index is 1.16. The summed E-state index contributed by atoms with van der Waals surface area (Å²) >= 11 is 0. The first-order valence-corrected chi connectivity index (χ1v) is 21.4. The molecule has 292 valence electrons. The summed E-state index contributed by atoms with van der Waals surface area (Å²) in [6.07, 6.45) is 0. The summed E-state index contributed by atoms with van der Waals surface area (Å²) in [5.74, 6) is 0. The normalized spacial score (nSPS) is 14.3. The molecule has 11 aromatic rings. The van der Waals surface area contributed by atoms with Gasteiger partial charge in [-0.25, -0.2) is 0 Å². The molecule has 1 aliphatic rings. The second kappa shape index (κ2) is 14.4. The van der Waals surface area contributed by atoms with Crippen LogP contribution in [0.1, 0.15) is 23.6 Å². The van der Waals surface area contributed by atoms with Crippen molar-refractivity contribution in [1.82, 2.24) is 0 Å². The van der Waals surface area contributed by atoms with Crippen LogP contribution in [0.2, 0.25) is 0 Å². The highest BCUT2D eigenvalue weighted by atomic mass is 16.3. The van der Waals surface area contributed by atoms with E-state index >= 15 is 0 Å². The Morgan fingerprint density at radius 2 is 0.903 bits per heavy atom. The van der Waals surface area contributed by atoms with Crippen molar-refractivity contribution in [3.8, 4) is 44.5 Å². The van der Waals surface area contributed by atoms with E-state index in [1.165, 1.54) is 55.3 Å². The lowest BCUT2D eigenvalue weighted by Crippen LogP contribution is -2.23. The molecule has 0 bridgehead atoms. The number of nitrogens with zero attached hydrogens (tertiary/aromatic N) is 1. The predicted molar refractivity (Wildman–Crippen MR) is 260 cm³/mol. The molecule has 1 atom stereocenters. The van der Waals surface area contributed by atoms with E-state index in [1.54, 1.807) is 0 Å². The van der Waals surface area contributed by atoms with E-state index in [1.807, 2.05) is 6.07 Å². The summed E-state index contributed by atoms with van der Waals surface area (Å²) in [6.45, 7) is 2.40. The number of para-hydroxylation sites is 3. The highest BCUT2D eigenvalue weighted by molar-refractivity contribution is 6.14. The number of furan rings is 1. The van der Waals surface area contributed by atoms with Gasteiger partial charge in [-0.3, -0.25) is 0 Å². The maximum Gasteiger partial charge on any atom is 0.136 e. The van der Waals surface area contributed by atoms with E-state index in [-0.39, 0.29) is 5.41 Å². The fourth-order valence-electron chi connectivity index (χ4n) is 10.3. The predicted octanol–water partition coefficient (Wildman–Crippen LogP) is 16.5. The van der Waals surface area contributed by atoms with E-state index in [0.29, 0.717) is 0 Å². The fourth-order valence-corrected chi connectivity index (χ4v) is 10.3. The minimum absolute atomic E-state index is 0.366. The summed E-state index contributed by atoms with van der Waals surface area (Å²) in [4.78, 5) is 2.50. The second-order valence-electron chi connectivity index (χ2n) is 16.5. The molecule has 0 saturated carbocycles. The first kappa shape index (κ1) is 36.0. The molecule has 2 heteroatoms. The average molecular weight is 792 g/mol. The van der Waals surface area contributed by atoms with E-state index < -0.39 is 0 Å². The van der Waals surface area contributed by atoms with Crippen molar-refractivity contribution in [2.24, 2.45) is 0 Å². The first-order chi connectivity index (χ1) is 30.7. The summed E-state index contributed by atoms with van der Waals surface area (Å²) in [5, 5.41) is 4.67. The van der Waals surface area contributed by atoms with Crippen LogP contribution in [0.4, 0.5) is 17.1 Å². The monoisotopic (exact) mass is 791 g/mol. The SMILES string of the molecule is CC1(c2ccccc2)c2ccccc2-c2ccc(N(c3ccccc3-c3cccc4cccc(-c5ccccc5)c34)c3ccccc3-c3cccc4oc5ccccc5c34)cc21. The van der Waals surface area contributed by atoms with Crippen LogP contribution in [0.3, 0.4) is 0 Å². The quantitative estimate of drug-likeness (QED) is 0.160. The standard InChI is InChI=1S/C60H41NO/c1-60(42-23-6-3-7-24-42)52-32-12-8-25-45(52)46-38-37-43(39-53(46)60)61(55-34-14-10-27-48(55)50-31-18-36-57-59(50)51-28-11-15-35-56(51)62-57)54-33-13-9-26-47(54)49-30-17-22-41-21-16-29-44(58(41)49)40-19-4-2-5-20-40/h2-39H,1H3. The summed E-state index contributed by atoms with van der Waals surface area (Å²) < 4.78 is 6.48. The molecule has 12 rings (SSSR count). The van der Waals surface area contributed by atoms with Gasteiger partial charge < -0.3 is 9.32 Å². The first-order valence-electron chi connectivity index (χ1n) is 21.4. The van der Waals surface area contributed by atoms with E-state index in [4.69, 9.17) is 4.42 Å². The van der Waals surface area contributed by atoms with Crippen molar-refractivity contribution in [2.75, 3.05) is 4.90 Å². The lowest BCUT2D eigenvalue weighted by molar-refractivity contribution is 0.669. The third kappa shape index (κ3) is 5.50. The Morgan fingerprint density at radius 3 is 1.65 bits per heavy atom.